The third-order valence-corrected chi connectivity index (χ3v) is 6.47. The van der Waals surface area contributed by atoms with Gasteiger partial charge in [-0.05, 0) is 31.9 Å². The van der Waals surface area contributed by atoms with E-state index in [4.69, 9.17) is 9.72 Å². The van der Waals surface area contributed by atoms with E-state index in [2.05, 4.69) is 20.2 Å². The Labute approximate surface area is 198 Å². The number of halogens is 1. The molecule has 0 saturated carbocycles. The molecule has 4 heterocycles. The van der Waals surface area contributed by atoms with Crippen LogP contribution < -0.4 is 10.2 Å². The zero-order chi connectivity index (χ0) is 23.8. The number of carbonyl (C=O) groups is 1. The molecule has 1 N–H and O–H groups in total. The summed E-state index contributed by atoms with van der Waals surface area (Å²) in [5.74, 6) is 0.771. The van der Waals surface area contributed by atoms with Crippen LogP contribution in [-0.2, 0) is 4.74 Å². The van der Waals surface area contributed by atoms with Crippen molar-refractivity contribution in [2.45, 2.75) is 51.6 Å². The molecule has 34 heavy (non-hydrogen) atoms. The number of hydrogen-bond acceptors (Lipinski definition) is 6. The maximum atomic E-state index is 14.9. The second kappa shape index (κ2) is 9.10. The third-order valence-electron chi connectivity index (χ3n) is 6.47. The predicted octanol–water partition coefficient (Wildman–Crippen LogP) is 4.73. The number of pyridine rings is 1. The molecule has 1 aromatic carbocycles. The minimum Gasteiger partial charge on any atom is -0.377 e. The van der Waals surface area contributed by atoms with Crippen molar-refractivity contribution in [3.63, 3.8) is 0 Å². The molecule has 0 spiro atoms. The molecule has 3 aromatic rings. The van der Waals surface area contributed by atoms with E-state index in [1.165, 1.54) is 18.5 Å². The zero-order valence-corrected chi connectivity index (χ0v) is 19.6. The maximum Gasteiger partial charge on any atom is 0.258 e. The lowest BCUT2D eigenvalue weighted by atomic mass is 10.0. The molecule has 8 heteroatoms. The van der Waals surface area contributed by atoms with Crippen LogP contribution in [0.1, 0.15) is 54.5 Å². The lowest BCUT2D eigenvalue weighted by Gasteiger charge is -2.37. The first-order chi connectivity index (χ1) is 16.4. The summed E-state index contributed by atoms with van der Waals surface area (Å²) in [4.78, 5) is 29.0. The molecular weight excluding hydrogens is 433 g/mol. The normalized spacial score (nSPS) is 19.5. The summed E-state index contributed by atoms with van der Waals surface area (Å²) < 4.78 is 20.7. The standard InChI is InChI=1S/C26H28FN5O2/c1-15(2)24-28-11-17(12-29-24)26(33)31-23-21(20-6-4-5-7-22(20)27)10-16(3)30-25(23)32-18-8-9-19(32)14-34-13-18/h4-7,10-12,15,18-19H,8-9,13-14H2,1-3H3,(H,31,33)/t18-,19+. The van der Waals surface area contributed by atoms with E-state index >= 15 is 0 Å². The van der Waals surface area contributed by atoms with Gasteiger partial charge < -0.3 is 15.0 Å². The Morgan fingerprint density at radius 3 is 2.44 bits per heavy atom. The van der Waals surface area contributed by atoms with Gasteiger partial charge in [-0.25, -0.2) is 19.3 Å². The summed E-state index contributed by atoms with van der Waals surface area (Å²) in [7, 11) is 0. The number of anilines is 2. The van der Waals surface area contributed by atoms with Gasteiger partial charge in [0.2, 0.25) is 0 Å². The van der Waals surface area contributed by atoms with Crippen LogP contribution in [0.3, 0.4) is 0 Å². The predicted molar refractivity (Wildman–Crippen MR) is 129 cm³/mol. The van der Waals surface area contributed by atoms with E-state index in [1.807, 2.05) is 26.8 Å². The highest BCUT2D eigenvalue weighted by atomic mass is 19.1. The molecule has 2 fully saturated rings. The van der Waals surface area contributed by atoms with Gasteiger partial charge in [-0.15, -0.1) is 0 Å². The van der Waals surface area contributed by atoms with E-state index in [0.717, 1.165) is 18.5 Å². The number of hydrogen-bond donors (Lipinski definition) is 1. The van der Waals surface area contributed by atoms with Gasteiger partial charge in [-0.1, -0.05) is 32.0 Å². The van der Waals surface area contributed by atoms with Crippen molar-refractivity contribution in [3.05, 3.63) is 65.6 Å². The summed E-state index contributed by atoms with van der Waals surface area (Å²) in [6.07, 6.45) is 5.04. The van der Waals surface area contributed by atoms with Gasteiger partial charge in [0.1, 0.15) is 11.6 Å². The first kappa shape index (κ1) is 22.4. The highest BCUT2D eigenvalue weighted by Crippen LogP contribution is 2.42. The molecule has 2 aromatic heterocycles. The summed E-state index contributed by atoms with van der Waals surface area (Å²) >= 11 is 0. The van der Waals surface area contributed by atoms with E-state index in [0.29, 0.717) is 47.2 Å². The Kier molecular flexibility index (Phi) is 6.00. The molecule has 2 bridgehead atoms. The fourth-order valence-corrected chi connectivity index (χ4v) is 4.77. The van der Waals surface area contributed by atoms with Crippen LogP contribution in [-0.4, -0.2) is 46.2 Å². The number of morpholine rings is 1. The van der Waals surface area contributed by atoms with E-state index < -0.39 is 0 Å². The van der Waals surface area contributed by atoms with Gasteiger partial charge in [0, 0.05) is 35.1 Å². The number of fused-ring (bicyclic) bond motifs is 2. The average molecular weight is 462 g/mol. The molecule has 2 saturated heterocycles. The van der Waals surface area contributed by atoms with Crippen LogP contribution in [0, 0.1) is 12.7 Å². The van der Waals surface area contributed by atoms with Gasteiger partial charge >= 0.3 is 0 Å². The van der Waals surface area contributed by atoms with Crippen molar-refractivity contribution in [3.8, 4) is 11.1 Å². The largest absolute Gasteiger partial charge is 0.377 e. The smallest absolute Gasteiger partial charge is 0.258 e. The molecule has 0 unspecified atom stereocenters. The van der Waals surface area contributed by atoms with Gasteiger partial charge in [0.15, 0.2) is 5.82 Å². The van der Waals surface area contributed by atoms with Crippen LogP contribution in [0.15, 0.2) is 42.7 Å². The molecule has 176 valence electrons. The summed E-state index contributed by atoms with van der Waals surface area (Å²) in [5.41, 5.74) is 2.59. The Morgan fingerprint density at radius 2 is 1.79 bits per heavy atom. The number of amides is 1. The monoisotopic (exact) mass is 461 g/mol. The van der Waals surface area contributed by atoms with E-state index in [-0.39, 0.29) is 29.7 Å². The van der Waals surface area contributed by atoms with Crippen LogP contribution in [0.5, 0.6) is 0 Å². The molecule has 5 rings (SSSR count). The fourth-order valence-electron chi connectivity index (χ4n) is 4.77. The van der Waals surface area contributed by atoms with Crippen LogP contribution >= 0.6 is 0 Å². The number of ether oxygens (including phenoxy) is 1. The highest BCUT2D eigenvalue weighted by molar-refractivity contribution is 6.08. The Hall–Kier alpha value is -3.39. The molecular formula is C26H28FN5O2. The average Bonchev–Trinajstić information content (AvgIpc) is 3.07. The molecule has 7 nitrogen and oxygen atoms in total. The first-order valence-electron chi connectivity index (χ1n) is 11.7. The highest BCUT2D eigenvalue weighted by Gasteiger charge is 2.40. The lowest BCUT2D eigenvalue weighted by molar-refractivity contribution is 0.0902. The number of aryl methyl sites for hydroxylation is 1. The van der Waals surface area contributed by atoms with Gasteiger partial charge in [-0.3, -0.25) is 4.79 Å². The molecule has 2 aliphatic rings. The molecule has 2 atom stereocenters. The summed E-state index contributed by atoms with van der Waals surface area (Å²) in [6, 6.07) is 8.75. The zero-order valence-electron chi connectivity index (χ0n) is 19.6. The summed E-state index contributed by atoms with van der Waals surface area (Å²) in [5, 5.41) is 3.03. The fraction of sp³-hybridized carbons (Fsp3) is 0.385. The molecule has 1 amide bonds. The van der Waals surface area contributed by atoms with Gasteiger partial charge in [-0.2, -0.15) is 0 Å². The number of carbonyl (C=O) groups excluding carboxylic acids is 1. The Morgan fingerprint density at radius 1 is 1.12 bits per heavy atom. The SMILES string of the molecule is Cc1cc(-c2ccccc2F)c(NC(=O)c2cnc(C(C)C)nc2)c(N2[C@@H]3CC[C@H]2COC3)n1. The number of rotatable bonds is 5. The number of aromatic nitrogens is 3. The van der Waals surface area contributed by atoms with Crippen molar-refractivity contribution in [1.29, 1.82) is 0 Å². The number of benzene rings is 1. The topological polar surface area (TPSA) is 80.2 Å². The van der Waals surface area contributed by atoms with E-state index in [1.54, 1.807) is 18.2 Å². The third kappa shape index (κ3) is 4.14. The maximum absolute atomic E-state index is 14.9. The quantitative estimate of drug-likeness (QED) is 0.592. The minimum atomic E-state index is -0.361. The van der Waals surface area contributed by atoms with Crippen LogP contribution in [0.25, 0.3) is 11.1 Å². The minimum absolute atomic E-state index is 0.162. The summed E-state index contributed by atoms with van der Waals surface area (Å²) in [6.45, 7) is 7.10. The molecule has 0 radical (unpaired) electrons. The second-order valence-electron chi connectivity index (χ2n) is 9.26. The van der Waals surface area contributed by atoms with Crippen molar-refractivity contribution in [2.24, 2.45) is 0 Å². The van der Waals surface area contributed by atoms with Gasteiger partial charge in [0.05, 0.1) is 36.5 Å². The van der Waals surface area contributed by atoms with Crippen LogP contribution in [0.4, 0.5) is 15.9 Å². The van der Waals surface area contributed by atoms with Crippen molar-refractivity contribution in [1.82, 2.24) is 15.0 Å². The van der Waals surface area contributed by atoms with Crippen LogP contribution in [0.2, 0.25) is 0 Å². The lowest BCUT2D eigenvalue weighted by Crippen LogP contribution is -2.46. The van der Waals surface area contributed by atoms with Crippen molar-refractivity contribution < 1.29 is 13.9 Å². The molecule has 0 aliphatic carbocycles. The second-order valence-corrected chi connectivity index (χ2v) is 9.26. The van der Waals surface area contributed by atoms with Crippen molar-refractivity contribution in [2.75, 3.05) is 23.4 Å². The van der Waals surface area contributed by atoms with E-state index in [9.17, 15) is 9.18 Å². The Balaban J connectivity index is 1.61. The van der Waals surface area contributed by atoms with Gasteiger partial charge in [0.25, 0.3) is 5.91 Å². The molecule has 2 aliphatic heterocycles. The first-order valence-corrected chi connectivity index (χ1v) is 11.7. The Bertz CT molecular complexity index is 1200. The van der Waals surface area contributed by atoms with Crippen molar-refractivity contribution >= 4 is 17.4 Å². The number of nitrogens with one attached hydrogen (secondary N) is 1. The number of nitrogens with zero attached hydrogens (tertiary/aromatic N) is 4.